The van der Waals surface area contributed by atoms with Gasteiger partial charge in [-0.3, -0.25) is 14.5 Å². The third kappa shape index (κ3) is 2.70. The van der Waals surface area contributed by atoms with Gasteiger partial charge in [0.2, 0.25) is 5.28 Å². The van der Waals surface area contributed by atoms with Crippen LogP contribution in [0, 0.1) is 10.1 Å². The number of benzene rings is 1. The van der Waals surface area contributed by atoms with E-state index in [1.165, 1.54) is 12.1 Å². The third-order valence-electron chi connectivity index (χ3n) is 3.73. The summed E-state index contributed by atoms with van der Waals surface area (Å²) in [7, 11) is 0. The predicted molar refractivity (Wildman–Crippen MR) is 93.3 cm³/mol. The number of hydrogen-bond donors (Lipinski definition) is 0. The van der Waals surface area contributed by atoms with Gasteiger partial charge in [0.25, 0.3) is 5.69 Å². The molecule has 0 spiro atoms. The largest absolute Gasteiger partial charge is 0.298 e. The van der Waals surface area contributed by atoms with Crippen molar-refractivity contribution in [1.29, 1.82) is 0 Å². The van der Waals surface area contributed by atoms with Crippen LogP contribution >= 0.6 is 11.6 Å². The van der Waals surface area contributed by atoms with Crippen LogP contribution in [0.3, 0.4) is 0 Å². The monoisotopic (exact) mass is 351 g/mol. The van der Waals surface area contributed by atoms with Gasteiger partial charge in [0, 0.05) is 30.1 Å². The van der Waals surface area contributed by atoms with Crippen molar-refractivity contribution in [3.05, 3.63) is 76.3 Å². The maximum Gasteiger partial charge on any atom is 0.270 e. The first-order valence-electron chi connectivity index (χ1n) is 7.34. The van der Waals surface area contributed by atoms with Crippen molar-refractivity contribution in [3.63, 3.8) is 0 Å². The molecule has 0 aliphatic carbocycles. The van der Waals surface area contributed by atoms with E-state index in [4.69, 9.17) is 11.6 Å². The minimum absolute atomic E-state index is 0.00114. The van der Waals surface area contributed by atoms with Crippen LogP contribution < -0.4 is 0 Å². The number of aromatic nitrogens is 4. The summed E-state index contributed by atoms with van der Waals surface area (Å²) in [6.45, 7) is 0. The lowest BCUT2D eigenvalue weighted by Gasteiger charge is -2.05. The fourth-order valence-electron chi connectivity index (χ4n) is 2.68. The summed E-state index contributed by atoms with van der Waals surface area (Å²) in [6, 6.07) is 13.7. The maximum absolute atomic E-state index is 11.1. The zero-order chi connectivity index (χ0) is 17.4. The van der Waals surface area contributed by atoms with Crippen LogP contribution in [0.15, 0.2) is 60.9 Å². The van der Waals surface area contributed by atoms with Gasteiger partial charge in [-0.1, -0.05) is 18.2 Å². The highest BCUT2D eigenvalue weighted by Gasteiger charge is 2.19. The average Bonchev–Trinajstić information content (AvgIpc) is 3.01. The first-order chi connectivity index (χ1) is 12.1. The Bertz CT molecular complexity index is 1110. The first-order valence-corrected chi connectivity index (χ1v) is 7.72. The van der Waals surface area contributed by atoms with E-state index in [-0.39, 0.29) is 11.0 Å². The van der Waals surface area contributed by atoms with Gasteiger partial charge in [-0.05, 0) is 29.8 Å². The second-order valence-electron chi connectivity index (χ2n) is 5.26. The lowest BCUT2D eigenvalue weighted by molar-refractivity contribution is -0.384. The highest BCUT2D eigenvalue weighted by Crippen LogP contribution is 2.33. The van der Waals surface area contributed by atoms with Crippen LogP contribution in [0.5, 0.6) is 0 Å². The van der Waals surface area contributed by atoms with E-state index in [0.29, 0.717) is 28.3 Å². The second-order valence-corrected chi connectivity index (χ2v) is 5.59. The van der Waals surface area contributed by atoms with Crippen molar-refractivity contribution in [1.82, 2.24) is 19.4 Å². The standard InChI is InChI=1S/C17H10ClN5O2/c18-17-19-8-7-13(20-17)16-15(21-14-6-1-2-9-22(14)16)11-4-3-5-12(10-11)23(24)25/h1-10H. The zero-order valence-electron chi connectivity index (χ0n) is 12.7. The molecule has 0 bridgehead atoms. The molecule has 0 saturated heterocycles. The van der Waals surface area contributed by atoms with E-state index in [1.807, 2.05) is 28.8 Å². The van der Waals surface area contributed by atoms with Crippen LogP contribution in [0.4, 0.5) is 5.69 Å². The zero-order valence-corrected chi connectivity index (χ0v) is 13.5. The molecule has 0 atom stereocenters. The number of hydrogen-bond acceptors (Lipinski definition) is 5. The number of imidazole rings is 1. The Kier molecular flexibility index (Phi) is 3.62. The van der Waals surface area contributed by atoms with Gasteiger partial charge in [-0.25, -0.2) is 15.0 Å². The number of pyridine rings is 1. The average molecular weight is 352 g/mol. The van der Waals surface area contributed by atoms with Crippen LogP contribution in [-0.4, -0.2) is 24.3 Å². The number of non-ortho nitro benzene ring substituents is 1. The highest BCUT2D eigenvalue weighted by molar-refractivity contribution is 6.28. The van der Waals surface area contributed by atoms with E-state index >= 15 is 0 Å². The van der Waals surface area contributed by atoms with Gasteiger partial charge in [0.15, 0.2) is 0 Å². The van der Waals surface area contributed by atoms with Gasteiger partial charge in [-0.2, -0.15) is 0 Å². The smallest absolute Gasteiger partial charge is 0.270 e. The Morgan fingerprint density at radius 2 is 1.96 bits per heavy atom. The molecule has 4 aromatic rings. The molecule has 4 rings (SSSR count). The highest BCUT2D eigenvalue weighted by atomic mass is 35.5. The quantitative estimate of drug-likeness (QED) is 0.316. The molecule has 0 N–H and O–H groups in total. The fraction of sp³-hybridized carbons (Fsp3) is 0. The minimum atomic E-state index is -0.430. The summed E-state index contributed by atoms with van der Waals surface area (Å²) in [6.07, 6.45) is 3.42. The van der Waals surface area contributed by atoms with Gasteiger partial charge in [0.1, 0.15) is 5.65 Å². The predicted octanol–water partition coefficient (Wildman–Crippen LogP) is 4.02. The number of rotatable bonds is 3. The Hall–Kier alpha value is -3.32. The molecule has 0 fully saturated rings. The number of nitro benzene ring substituents is 1. The Labute approximate surface area is 146 Å². The molecule has 0 aliphatic heterocycles. The Morgan fingerprint density at radius 3 is 2.76 bits per heavy atom. The van der Waals surface area contributed by atoms with E-state index < -0.39 is 4.92 Å². The Balaban J connectivity index is 2.03. The minimum Gasteiger partial charge on any atom is -0.298 e. The molecule has 0 unspecified atom stereocenters. The van der Waals surface area contributed by atoms with Crippen molar-refractivity contribution in [3.8, 4) is 22.6 Å². The van der Waals surface area contributed by atoms with Gasteiger partial charge in [-0.15, -0.1) is 0 Å². The lowest BCUT2D eigenvalue weighted by Crippen LogP contribution is -1.94. The molecular formula is C17H10ClN5O2. The number of halogens is 1. The molecule has 0 amide bonds. The van der Waals surface area contributed by atoms with Gasteiger partial charge < -0.3 is 0 Å². The molecule has 25 heavy (non-hydrogen) atoms. The van der Waals surface area contributed by atoms with Gasteiger partial charge in [0.05, 0.1) is 22.0 Å². The number of nitrogens with zero attached hydrogens (tertiary/aromatic N) is 5. The van der Waals surface area contributed by atoms with Crippen LogP contribution in [-0.2, 0) is 0 Å². The molecule has 0 aliphatic rings. The first kappa shape index (κ1) is 15.2. The molecule has 3 heterocycles. The lowest BCUT2D eigenvalue weighted by atomic mass is 10.1. The van der Waals surface area contributed by atoms with Crippen LogP contribution in [0.2, 0.25) is 5.28 Å². The maximum atomic E-state index is 11.1. The van der Waals surface area contributed by atoms with Crippen LogP contribution in [0.1, 0.15) is 0 Å². The summed E-state index contributed by atoms with van der Waals surface area (Å²) >= 11 is 5.94. The van der Waals surface area contributed by atoms with E-state index in [2.05, 4.69) is 15.0 Å². The van der Waals surface area contributed by atoms with Crippen molar-refractivity contribution >= 4 is 22.9 Å². The van der Waals surface area contributed by atoms with Crippen molar-refractivity contribution in [2.45, 2.75) is 0 Å². The van der Waals surface area contributed by atoms with Crippen molar-refractivity contribution in [2.75, 3.05) is 0 Å². The Morgan fingerprint density at radius 1 is 1.08 bits per heavy atom. The summed E-state index contributed by atoms with van der Waals surface area (Å²) in [5.41, 5.74) is 3.20. The molecule has 8 heteroatoms. The topological polar surface area (TPSA) is 86.2 Å². The summed E-state index contributed by atoms with van der Waals surface area (Å²) in [5, 5.41) is 11.2. The molecule has 122 valence electrons. The number of nitro groups is 1. The molecule has 0 radical (unpaired) electrons. The summed E-state index contributed by atoms with van der Waals surface area (Å²) < 4.78 is 1.87. The van der Waals surface area contributed by atoms with Crippen molar-refractivity contribution < 1.29 is 4.92 Å². The molecule has 1 aromatic carbocycles. The summed E-state index contributed by atoms with van der Waals surface area (Å²) in [5.74, 6) is 0. The molecule has 3 aromatic heterocycles. The SMILES string of the molecule is O=[N+]([O-])c1cccc(-c2nc3ccccn3c2-c2ccnc(Cl)n2)c1. The molecule has 0 saturated carbocycles. The third-order valence-corrected chi connectivity index (χ3v) is 3.91. The fourth-order valence-corrected chi connectivity index (χ4v) is 2.82. The number of fused-ring (bicyclic) bond motifs is 1. The summed E-state index contributed by atoms with van der Waals surface area (Å²) in [4.78, 5) is 23.5. The van der Waals surface area contributed by atoms with Gasteiger partial charge >= 0.3 is 0 Å². The molecular weight excluding hydrogens is 342 g/mol. The van der Waals surface area contributed by atoms with E-state index in [9.17, 15) is 10.1 Å². The van der Waals surface area contributed by atoms with E-state index in [0.717, 1.165) is 0 Å². The van der Waals surface area contributed by atoms with Crippen LogP contribution in [0.25, 0.3) is 28.3 Å². The second kappa shape index (κ2) is 5.95. The normalized spacial score (nSPS) is 10.9. The van der Waals surface area contributed by atoms with Crippen molar-refractivity contribution in [2.24, 2.45) is 0 Å². The van der Waals surface area contributed by atoms with E-state index in [1.54, 1.807) is 24.4 Å². The molecule has 7 nitrogen and oxygen atoms in total.